The topological polar surface area (TPSA) is 77.2 Å². The SMILES string of the molecule is Cc1nc2c(cnn2C(C)C)cc1C(=O)OCCO. The first-order valence-corrected chi connectivity index (χ1v) is 6.17. The van der Waals surface area contributed by atoms with Crippen LogP contribution in [0.25, 0.3) is 11.0 Å². The third-order valence-corrected chi connectivity index (χ3v) is 2.79. The molecule has 6 heteroatoms. The highest BCUT2D eigenvalue weighted by molar-refractivity contribution is 5.94. The van der Waals surface area contributed by atoms with Gasteiger partial charge in [0.15, 0.2) is 5.65 Å². The predicted molar refractivity (Wildman–Crippen MR) is 70.0 cm³/mol. The van der Waals surface area contributed by atoms with E-state index in [0.717, 1.165) is 11.0 Å². The summed E-state index contributed by atoms with van der Waals surface area (Å²) in [6.45, 7) is 5.60. The lowest BCUT2D eigenvalue weighted by molar-refractivity contribution is 0.0432. The van der Waals surface area contributed by atoms with E-state index in [0.29, 0.717) is 11.3 Å². The fraction of sp³-hybridized carbons (Fsp3) is 0.462. The number of aryl methyl sites for hydroxylation is 1. The monoisotopic (exact) mass is 263 g/mol. The number of pyridine rings is 1. The number of nitrogens with zero attached hydrogens (tertiary/aromatic N) is 3. The summed E-state index contributed by atoms with van der Waals surface area (Å²) < 4.78 is 6.72. The van der Waals surface area contributed by atoms with Gasteiger partial charge < -0.3 is 9.84 Å². The van der Waals surface area contributed by atoms with E-state index in [1.807, 2.05) is 18.5 Å². The quantitative estimate of drug-likeness (QED) is 0.845. The molecule has 0 aromatic carbocycles. The number of rotatable bonds is 4. The second kappa shape index (κ2) is 5.36. The first kappa shape index (κ1) is 13.5. The van der Waals surface area contributed by atoms with Crippen molar-refractivity contribution in [3.8, 4) is 0 Å². The second-order valence-electron chi connectivity index (χ2n) is 4.58. The third kappa shape index (κ3) is 2.58. The number of ether oxygens (including phenoxy) is 1. The van der Waals surface area contributed by atoms with Gasteiger partial charge in [-0.15, -0.1) is 0 Å². The van der Waals surface area contributed by atoms with Crippen LogP contribution in [0, 0.1) is 6.92 Å². The largest absolute Gasteiger partial charge is 0.460 e. The molecule has 6 nitrogen and oxygen atoms in total. The molecule has 0 amide bonds. The molecule has 0 radical (unpaired) electrons. The lowest BCUT2D eigenvalue weighted by atomic mass is 10.2. The van der Waals surface area contributed by atoms with Gasteiger partial charge in [0, 0.05) is 11.4 Å². The number of fused-ring (bicyclic) bond motifs is 1. The summed E-state index contributed by atoms with van der Waals surface area (Å²) in [5.74, 6) is -0.474. The van der Waals surface area contributed by atoms with Gasteiger partial charge in [-0.25, -0.2) is 14.5 Å². The Labute approximate surface area is 111 Å². The van der Waals surface area contributed by atoms with Crippen LogP contribution in [0.5, 0.6) is 0 Å². The Bertz CT molecular complexity index is 604. The van der Waals surface area contributed by atoms with Crippen molar-refractivity contribution >= 4 is 17.0 Å². The zero-order chi connectivity index (χ0) is 14.0. The van der Waals surface area contributed by atoms with E-state index in [9.17, 15) is 4.79 Å². The number of aliphatic hydroxyl groups excluding tert-OH is 1. The number of esters is 1. The Morgan fingerprint density at radius 1 is 1.53 bits per heavy atom. The molecule has 0 aliphatic heterocycles. The highest BCUT2D eigenvalue weighted by Gasteiger charge is 2.16. The molecule has 0 aliphatic carbocycles. The second-order valence-corrected chi connectivity index (χ2v) is 4.58. The average Bonchev–Trinajstić information content (AvgIpc) is 2.77. The maximum absolute atomic E-state index is 11.8. The van der Waals surface area contributed by atoms with E-state index >= 15 is 0 Å². The van der Waals surface area contributed by atoms with Gasteiger partial charge >= 0.3 is 5.97 Å². The van der Waals surface area contributed by atoms with Gasteiger partial charge in [-0.05, 0) is 26.8 Å². The third-order valence-electron chi connectivity index (χ3n) is 2.79. The Hall–Kier alpha value is -1.95. The Morgan fingerprint density at radius 2 is 2.26 bits per heavy atom. The van der Waals surface area contributed by atoms with E-state index in [4.69, 9.17) is 9.84 Å². The van der Waals surface area contributed by atoms with Crippen molar-refractivity contribution in [2.24, 2.45) is 0 Å². The molecule has 0 saturated heterocycles. The fourth-order valence-corrected chi connectivity index (χ4v) is 1.87. The minimum atomic E-state index is -0.474. The molecule has 1 N–H and O–H groups in total. The zero-order valence-corrected chi connectivity index (χ0v) is 11.3. The molecule has 0 fully saturated rings. The van der Waals surface area contributed by atoms with Crippen LogP contribution in [0.1, 0.15) is 35.9 Å². The molecule has 0 bridgehead atoms. The van der Waals surface area contributed by atoms with Crippen LogP contribution in [0.4, 0.5) is 0 Å². The molecular weight excluding hydrogens is 246 g/mol. The van der Waals surface area contributed by atoms with Crippen molar-refractivity contribution in [2.45, 2.75) is 26.8 Å². The van der Waals surface area contributed by atoms with Crippen LogP contribution in [0.15, 0.2) is 12.3 Å². The van der Waals surface area contributed by atoms with Crippen molar-refractivity contribution in [2.75, 3.05) is 13.2 Å². The van der Waals surface area contributed by atoms with Gasteiger partial charge in [0.25, 0.3) is 0 Å². The summed E-state index contributed by atoms with van der Waals surface area (Å²) in [5, 5.41) is 13.7. The number of carbonyl (C=O) groups is 1. The molecule has 19 heavy (non-hydrogen) atoms. The highest BCUT2D eigenvalue weighted by Crippen LogP contribution is 2.19. The van der Waals surface area contributed by atoms with Crippen molar-refractivity contribution < 1.29 is 14.6 Å². The molecule has 2 rings (SSSR count). The molecule has 0 atom stereocenters. The minimum absolute atomic E-state index is 0.0123. The number of hydrogen-bond donors (Lipinski definition) is 1. The molecule has 2 heterocycles. The first-order valence-electron chi connectivity index (χ1n) is 6.17. The lowest BCUT2D eigenvalue weighted by Gasteiger charge is -2.09. The van der Waals surface area contributed by atoms with Gasteiger partial charge in [0.05, 0.1) is 24.1 Å². The summed E-state index contributed by atoms with van der Waals surface area (Å²) in [5.41, 5.74) is 1.76. The number of hydrogen-bond acceptors (Lipinski definition) is 5. The van der Waals surface area contributed by atoms with Crippen LogP contribution < -0.4 is 0 Å². The normalized spacial score (nSPS) is 11.2. The molecular formula is C13H17N3O3. The van der Waals surface area contributed by atoms with Crippen molar-refractivity contribution in [1.82, 2.24) is 14.8 Å². The summed E-state index contributed by atoms with van der Waals surface area (Å²) in [4.78, 5) is 16.2. The lowest BCUT2D eigenvalue weighted by Crippen LogP contribution is -2.11. The molecule has 0 aliphatic rings. The summed E-state index contributed by atoms with van der Waals surface area (Å²) in [6.07, 6.45) is 1.69. The van der Waals surface area contributed by atoms with Crippen LogP contribution in [0.3, 0.4) is 0 Å². The van der Waals surface area contributed by atoms with E-state index < -0.39 is 5.97 Å². The molecule has 2 aromatic heterocycles. The van der Waals surface area contributed by atoms with Gasteiger partial charge in [0.2, 0.25) is 0 Å². The van der Waals surface area contributed by atoms with Crippen LogP contribution in [-0.2, 0) is 4.74 Å². The summed E-state index contributed by atoms with van der Waals surface area (Å²) in [7, 11) is 0. The molecule has 0 saturated carbocycles. The number of carbonyl (C=O) groups excluding carboxylic acids is 1. The van der Waals surface area contributed by atoms with Crippen molar-refractivity contribution in [3.05, 3.63) is 23.5 Å². The molecule has 0 spiro atoms. The number of aromatic nitrogens is 3. The summed E-state index contributed by atoms with van der Waals surface area (Å²) in [6, 6.07) is 1.93. The minimum Gasteiger partial charge on any atom is -0.460 e. The predicted octanol–water partition coefficient (Wildman–Crippen LogP) is 1.47. The van der Waals surface area contributed by atoms with Crippen LogP contribution in [0.2, 0.25) is 0 Å². The molecule has 0 unspecified atom stereocenters. The van der Waals surface area contributed by atoms with Gasteiger partial charge in [0.1, 0.15) is 6.61 Å². The van der Waals surface area contributed by atoms with E-state index in [1.54, 1.807) is 19.2 Å². The van der Waals surface area contributed by atoms with Crippen LogP contribution in [-0.4, -0.2) is 39.1 Å². The maximum atomic E-state index is 11.8. The van der Waals surface area contributed by atoms with Crippen molar-refractivity contribution in [1.29, 1.82) is 0 Å². The average molecular weight is 263 g/mol. The summed E-state index contributed by atoms with van der Waals surface area (Å²) >= 11 is 0. The fourth-order valence-electron chi connectivity index (χ4n) is 1.87. The van der Waals surface area contributed by atoms with Crippen molar-refractivity contribution in [3.63, 3.8) is 0 Å². The van der Waals surface area contributed by atoms with Gasteiger partial charge in [-0.1, -0.05) is 0 Å². The Balaban J connectivity index is 2.43. The smallest absolute Gasteiger partial charge is 0.340 e. The van der Waals surface area contributed by atoms with E-state index in [2.05, 4.69) is 10.1 Å². The van der Waals surface area contributed by atoms with Crippen LogP contribution >= 0.6 is 0 Å². The first-order chi connectivity index (χ1) is 9.04. The van der Waals surface area contributed by atoms with E-state index in [-0.39, 0.29) is 19.3 Å². The standard InChI is InChI=1S/C13H17N3O3/c1-8(2)16-12-10(7-14-16)6-11(9(3)15-12)13(18)19-5-4-17/h6-8,17H,4-5H2,1-3H3. The van der Waals surface area contributed by atoms with Gasteiger partial charge in [-0.2, -0.15) is 5.10 Å². The molecule has 2 aromatic rings. The Kier molecular flexibility index (Phi) is 3.80. The number of aliphatic hydroxyl groups is 1. The Morgan fingerprint density at radius 3 is 2.89 bits per heavy atom. The molecule has 102 valence electrons. The van der Waals surface area contributed by atoms with Gasteiger partial charge in [-0.3, -0.25) is 0 Å². The van der Waals surface area contributed by atoms with E-state index in [1.165, 1.54) is 0 Å². The maximum Gasteiger partial charge on any atom is 0.340 e. The highest BCUT2D eigenvalue weighted by atomic mass is 16.5. The zero-order valence-electron chi connectivity index (χ0n) is 11.3.